The van der Waals surface area contributed by atoms with Crippen molar-refractivity contribution in [2.45, 2.75) is 38.6 Å². The lowest BCUT2D eigenvalue weighted by Crippen LogP contribution is -2.25. The van der Waals surface area contributed by atoms with Crippen LogP contribution in [0.2, 0.25) is 0 Å². The number of rotatable bonds is 3. The summed E-state index contributed by atoms with van der Waals surface area (Å²) in [6.45, 7) is 0.325. The summed E-state index contributed by atoms with van der Waals surface area (Å²) in [6.07, 6.45) is 7.25. The van der Waals surface area contributed by atoms with E-state index in [4.69, 9.17) is 0 Å². The fraction of sp³-hybridized carbons (Fsp3) is 0.375. The minimum Gasteiger partial charge on any atom is -0.343 e. The average Bonchev–Trinajstić information content (AvgIpc) is 3.10. The van der Waals surface area contributed by atoms with Crippen LogP contribution in [-0.2, 0) is 19.4 Å². The second-order valence-electron chi connectivity index (χ2n) is 5.82. The smallest absolute Gasteiger partial charge is 0.272 e. The molecule has 0 unspecified atom stereocenters. The molecule has 3 aromatic rings. The molecule has 2 N–H and O–H groups in total. The first-order chi connectivity index (χ1) is 11.3. The van der Waals surface area contributed by atoms with Crippen molar-refractivity contribution in [2.75, 3.05) is 0 Å². The highest BCUT2D eigenvalue weighted by molar-refractivity contribution is 5.93. The van der Waals surface area contributed by atoms with E-state index < -0.39 is 0 Å². The van der Waals surface area contributed by atoms with Gasteiger partial charge >= 0.3 is 0 Å². The molecular weight excluding hydrogens is 292 g/mol. The Bertz CT molecular complexity index is 849. The molecule has 1 aliphatic rings. The standard InChI is InChI=1S/C16H18N6O/c23-16(15-11-6-2-1-3-7-12(11)18-21-15)17-10-14-20-19-13-8-4-5-9-22(13)14/h4-5,8-9H,1-3,6-7,10H2,(H,17,23)(H,18,21). The zero-order valence-corrected chi connectivity index (χ0v) is 12.7. The van der Waals surface area contributed by atoms with Crippen LogP contribution in [0.15, 0.2) is 24.4 Å². The number of hydrogen-bond acceptors (Lipinski definition) is 4. The van der Waals surface area contributed by atoms with E-state index in [2.05, 4.69) is 25.7 Å². The Morgan fingerprint density at radius 2 is 2.13 bits per heavy atom. The van der Waals surface area contributed by atoms with E-state index in [9.17, 15) is 4.79 Å². The summed E-state index contributed by atoms with van der Waals surface area (Å²) in [5, 5.41) is 18.4. The highest BCUT2D eigenvalue weighted by Gasteiger charge is 2.21. The van der Waals surface area contributed by atoms with Crippen LogP contribution in [0.5, 0.6) is 0 Å². The van der Waals surface area contributed by atoms with Crippen LogP contribution in [0, 0.1) is 0 Å². The monoisotopic (exact) mass is 310 g/mol. The molecule has 7 nitrogen and oxygen atoms in total. The number of hydrogen-bond donors (Lipinski definition) is 2. The number of aromatic nitrogens is 5. The fourth-order valence-electron chi connectivity index (χ4n) is 3.10. The number of nitrogens with zero attached hydrogens (tertiary/aromatic N) is 4. The largest absolute Gasteiger partial charge is 0.343 e. The molecule has 0 saturated heterocycles. The van der Waals surface area contributed by atoms with Gasteiger partial charge in [-0.3, -0.25) is 14.3 Å². The van der Waals surface area contributed by atoms with Gasteiger partial charge < -0.3 is 5.32 Å². The predicted molar refractivity (Wildman–Crippen MR) is 84.0 cm³/mol. The van der Waals surface area contributed by atoms with Crippen LogP contribution in [0.4, 0.5) is 0 Å². The van der Waals surface area contributed by atoms with Gasteiger partial charge in [0.15, 0.2) is 17.2 Å². The molecule has 0 spiro atoms. The lowest BCUT2D eigenvalue weighted by molar-refractivity contribution is 0.0943. The lowest BCUT2D eigenvalue weighted by atomic mass is 10.1. The van der Waals surface area contributed by atoms with Crippen LogP contribution in [0.25, 0.3) is 5.65 Å². The Balaban J connectivity index is 1.51. The molecule has 4 rings (SSSR count). The molecule has 0 radical (unpaired) electrons. The number of carbonyl (C=O) groups is 1. The van der Waals surface area contributed by atoms with E-state index in [1.807, 2.05) is 28.8 Å². The number of H-pyrrole nitrogens is 1. The molecular formula is C16H18N6O. The second-order valence-corrected chi connectivity index (χ2v) is 5.82. The number of aryl methyl sites for hydroxylation is 1. The summed E-state index contributed by atoms with van der Waals surface area (Å²) >= 11 is 0. The van der Waals surface area contributed by atoms with Gasteiger partial charge in [-0.05, 0) is 37.8 Å². The number of aromatic amines is 1. The molecule has 118 valence electrons. The SMILES string of the molecule is O=C(NCc1nnc2ccccn12)c1n[nH]c2c1CCCCC2. The Kier molecular flexibility index (Phi) is 3.53. The van der Waals surface area contributed by atoms with Crippen molar-refractivity contribution >= 4 is 11.6 Å². The molecule has 0 aromatic carbocycles. The van der Waals surface area contributed by atoms with Gasteiger partial charge in [0.05, 0.1) is 6.54 Å². The summed E-state index contributed by atoms with van der Waals surface area (Å²) < 4.78 is 1.87. The Labute approximate surface area is 133 Å². The van der Waals surface area contributed by atoms with Crippen molar-refractivity contribution in [1.82, 2.24) is 30.1 Å². The normalized spacial score (nSPS) is 14.4. The van der Waals surface area contributed by atoms with E-state index >= 15 is 0 Å². The van der Waals surface area contributed by atoms with Gasteiger partial charge in [0, 0.05) is 17.5 Å². The van der Waals surface area contributed by atoms with Crippen molar-refractivity contribution in [3.05, 3.63) is 47.2 Å². The first-order valence-corrected chi connectivity index (χ1v) is 7.96. The van der Waals surface area contributed by atoms with Gasteiger partial charge in [-0.15, -0.1) is 10.2 Å². The van der Waals surface area contributed by atoms with E-state index in [0.717, 1.165) is 42.6 Å². The second kappa shape index (κ2) is 5.83. The van der Waals surface area contributed by atoms with Crippen molar-refractivity contribution < 1.29 is 4.79 Å². The molecule has 3 aromatic heterocycles. The maximum atomic E-state index is 12.5. The first kappa shape index (κ1) is 13.9. The van der Waals surface area contributed by atoms with E-state index in [1.165, 1.54) is 6.42 Å². The van der Waals surface area contributed by atoms with E-state index in [-0.39, 0.29) is 5.91 Å². The summed E-state index contributed by atoms with van der Waals surface area (Å²) in [6, 6.07) is 5.70. The van der Waals surface area contributed by atoms with Crippen molar-refractivity contribution in [1.29, 1.82) is 0 Å². The Hall–Kier alpha value is -2.70. The molecule has 1 amide bonds. The number of carbonyl (C=O) groups excluding carboxylic acids is 1. The number of nitrogens with one attached hydrogen (secondary N) is 2. The summed E-state index contributed by atoms with van der Waals surface area (Å²) in [7, 11) is 0. The van der Waals surface area contributed by atoms with Gasteiger partial charge in [0.2, 0.25) is 0 Å². The molecule has 23 heavy (non-hydrogen) atoms. The molecule has 0 saturated carbocycles. The molecule has 7 heteroatoms. The summed E-state index contributed by atoms with van der Waals surface area (Å²) in [5.41, 5.74) is 3.48. The van der Waals surface area contributed by atoms with Gasteiger partial charge in [-0.25, -0.2) is 0 Å². The van der Waals surface area contributed by atoms with Gasteiger partial charge in [-0.2, -0.15) is 5.10 Å². The van der Waals surface area contributed by atoms with Crippen LogP contribution in [0.1, 0.15) is 46.8 Å². The molecule has 3 heterocycles. The molecule has 1 aliphatic carbocycles. The topological polar surface area (TPSA) is 88.0 Å². The highest BCUT2D eigenvalue weighted by Crippen LogP contribution is 2.21. The Morgan fingerprint density at radius 1 is 1.22 bits per heavy atom. The maximum Gasteiger partial charge on any atom is 0.272 e. The third-order valence-electron chi connectivity index (χ3n) is 4.31. The predicted octanol–water partition coefficient (Wildman–Crippen LogP) is 1.65. The number of fused-ring (bicyclic) bond motifs is 2. The third-order valence-corrected chi connectivity index (χ3v) is 4.31. The van der Waals surface area contributed by atoms with E-state index in [1.54, 1.807) is 0 Å². The molecule has 0 fully saturated rings. The fourth-order valence-corrected chi connectivity index (χ4v) is 3.10. The van der Waals surface area contributed by atoms with Crippen LogP contribution in [-0.4, -0.2) is 30.7 Å². The van der Waals surface area contributed by atoms with Crippen LogP contribution in [0.3, 0.4) is 0 Å². The van der Waals surface area contributed by atoms with Crippen molar-refractivity contribution in [3.63, 3.8) is 0 Å². The van der Waals surface area contributed by atoms with Gasteiger partial charge in [0.1, 0.15) is 0 Å². The Morgan fingerprint density at radius 3 is 3.09 bits per heavy atom. The zero-order chi connectivity index (χ0) is 15.6. The van der Waals surface area contributed by atoms with Crippen LogP contribution >= 0.6 is 0 Å². The summed E-state index contributed by atoms with van der Waals surface area (Å²) in [4.78, 5) is 12.5. The first-order valence-electron chi connectivity index (χ1n) is 7.96. The van der Waals surface area contributed by atoms with Crippen LogP contribution < -0.4 is 5.32 Å². The molecule has 0 bridgehead atoms. The quantitative estimate of drug-likeness (QED) is 0.720. The minimum absolute atomic E-state index is 0.155. The van der Waals surface area contributed by atoms with Crippen molar-refractivity contribution in [2.24, 2.45) is 0 Å². The van der Waals surface area contributed by atoms with E-state index in [0.29, 0.717) is 18.1 Å². The highest BCUT2D eigenvalue weighted by atomic mass is 16.1. The lowest BCUT2D eigenvalue weighted by Gasteiger charge is -2.04. The number of pyridine rings is 1. The third kappa shape index (κ3) is 2.58. The average molecular weight is 310 g/mol. The minimum atomic E-state index is -0.155. The zero-order valence-electron chi connectivity index (χ0n) is 12.7. The van der Waals surface area contributed by atoms with Crippen molar-refractivity contribution in [3.8, 4) is 0 Å². The van der Waals surface area contributed by atoms with Gasteiger partial charge in [-0.1, -0.05) is 12.5 Å². The summed E-state index contributed by atoms with van der Waals surface area (Å²) in [5.74, 6) is 0.549. The molecule has 0 atom stereocenters. The van der Waals surface area contributed by atoms with Gasteiger partial charge in [0.25, 0.3) is 5.91 Å². The maximum absolute atomic E-state index is 12.5. The number of amides is 1. The molecule has 0 aliphatic heterocycles.